The molecule has 0 fully saturated rings. The molecule has 0 unspecified atom stereocenters. The third kappa shape index (κ3) is 4.18. The van der Waals surface area contributed by atoms with Crippen LogP contribution in [0.25, 0.3) is 22.6 Å². The first-order chi connectivity index (χ1) is 14.5. The molecule has 10 heteroatoms. The van der Waals surface area contributed by atoms with E-state index in [0.717, 1.165) is 0 Å². The Bertz CT molecular complexity index is 1170. The van der Waals surface area contributed by atoms with E-state index in [9.17, 15) is 9.18 Å². The number of halogens is 1. The largest absolute Gasteiger partial charge is 0.492 e. The molecular formula is C20H17FN6O2S. The van der Waals surface area contributed by atoms with E-state index >= 15 is 0 Å². The zero-order valence-electron chi connectivity index (χ0n) is 16.2. The Hall–Kier alpha value is -3.66. The molecule has 30 heavy (non-hydrogen) atoms. The predicted octanol–water partition coefficient (Wildman–Crippen LogP) is 3.79. The minimum atomic E-state index is -0.456. The molecule has 0 atom stereocenters. The molecule has 4 aromatic rings. The predicted molar refractivity (Wildman–Crippen MR) is 111 cm³/mol. The molecule has 0 aliphatic rings. The number of aromatic nitrogens is 5. The van der Waals surface area contributed by atoms with Gasteiger partial charge in [-0.05, 0) is 43.3 Å². The molecule has 1 aromatic carbocycles. The number of aryl methyl sites for hydroxylation is 1. The number of rotatable bonds is 6. The summed E-state index contributed by atoms with van der Waals surface area (Å²) in [5.41, 5.74) is 2.38. The Morgan fingerprint density at radius 1 is 1.17 bits per heavy atom. The Labute approximate surface area is 175 Å². The number of hydrogen-bond donors (Lipinski definition) is 1. The average molecular weight is 424 g/mol. The van der Waals surface area contributed by atoms with Crippen LogP contribution in [0.2, 0.25) is 0 Å². The molecule has 1 amide bonds. The van der Waals surface area contributed by atoms with Crippen molar-refractivity contribution in [2.75, 3.05) is 11.9 Å². The van der Waals surface area contributed by atoms with E-state index in [2.05, 4.69) is 25.5 Å². The minimum Gasteiger partial charge on any atom is -0.492 e. The fourth-order valence-corrected chi connectivity index (χ4v) is 3.45. The number of pyridine rings is 1. The maximum Gasteiger partial charge on any atom is 0.280 e. The molecule has 3 aromatic heterocycles. The van der Waals surface area contributed by atoms with Crippen LogP contribution < -0.4 is 10.1 Å². The molecular weight excluding hydrogens is 407 g/mol. The maximum atomic E-state index is 13.2. The SMILES string of the molecule is CCOc1ccc(-c2csc(NC(=O)c3nn(C)nc3-c3ccc(F)cc3)n2)nc1. The number of anilines is 1. The summed E-state index contributed by atoms with van der Waals surface area (Å²) in [7, 11) is 1.61. The fourth-order valence-electron chi connectivity index (χ4n) is 2.75. The zero-order chi connectivity index (χ0) is 21.1. The van der Waals surface area contributed by atoms with Crippen LogP contribution >= 0.6 is 11.3 Å². The lowest BCUT2D eigenvalue weighted by Crippen LogP contribution is -2.14. The van der Waals surface area contributed by atoms with Crippen molar-refractivity contribution in [3.63, 3.8) is 0 Å². The van der Waals surface area contributed by atoms with E-state index in [1.807, 2.05) is 13.0 Å². The average Bonchev–Trinajstić information content (AvgIpc) is 3.36. The van der Waals surface area contributed by atoms with Gasteiger partial charge in [-0.3, -0.25) is 15.1 Å². The number of hydrogen-bond acceptors (Lipinski definition) is 7. The minimum absolute atomic E-state index is 0.125. The highest BCUT2D eigenvalue weighted by Crippen LogP contribution is 2.26. The quantitative estimate of drug-likeness (QED) is 0.506. The maximum absolute atomic E-state index is 13.2. The lowest BCUT2D eigenvalue weighted by atomic mass is 10.1. The molecule has 0 aliphatic carbocycles. The first-order valence-corrected chi connectivity index (χ1v) is 9.95. The molecule has 0 spiro atoms. The van der Waals surface area contributed by atoms with Crippen LogP contribution in [0.5, 0.6) is 5.75 Å². The van der Waals surface area contributed by atoms with Gasteiger partial charge in [0.25, 0.3) is 5.91 Å². The van der Waals surface area contributed by atoms with Crippen LogP contribution in [0, 0.1) is 5.82 Å². The van der Waals surface area contributed by atoms with Crippen molar-refractivity contribution >= 4 is 22.4 Å². The monoisotopic (exact) mass is 424 g/mol. The van der Waals surface area contributed by atoms with Gasteiger partial charge in [0.1, 0.15) is 23.0 Å². The van der Waals surface area contributed by atoms with Gasteiger partial charge in [0, 0.05) is 18.0 Å². The van der Waals surface area contributed by atoms with Gasteiger partial charge in [0.05, 0.1) is 18.5 Å². The second-order valence-corrected chi connectivity index (χ2v) is 7.06. The summed E-state index contributed by atoms with van der Waals surface area (Å²) in [6, 6.07) is 9.34. The first kappa shape index (κ1) is 19.6. The summed E-state index contributed by atoms with van der Waals surface area (Å²) in [6.07, 6.45) is 1.63. The van der Waals surface area contributed by atoms with Gasteiger partial charge < -0.3 is 4.74 Å². The molecule has 0 saturated carbocycles. The van der Waals surface area contributed by atoms with Crippen molar-refractivity contribution in [3.05, 3.63) is 59.5 Å². The Kier molecular flexibility index (Phi) is 5.48. The summed E-state index contributed by atoms with van der Waals surface area (Å²) in [5.74, 6) is -0.143. The Morgan fingerprint density at radius 3 is 2.67 bits per heavy atom. The summed E-state index contributed by atoms with van der Waals surface area (Å²) >= 11 is 1.27. The van der Waals surface area contributed by atoms with Crippen LogP contribution in [-0.2, 0) is 7.05 Å². The summed E-state index contributed by atoms with van der Waals surface area (Å²) in [6.45, 7) is 2.47. The number of carbonyl (C=O) groups is 1. The molecule has 0 aliphatic heterocycles. The van der Waals surface area contributed by atoms with E-state index in [1.54, 1.807) is 36.8 Å². The van der Waals surface area contributed by atoms with Gasteiger partial charge in [-0.15, -0.1) is 16.4 Å². The number of thiazole rings is 1. The molecule has 0 bridgehead atoms. The number of amides is 1. The molecule has 8 nitrogen and oxygen atoms in total. The van der Waals surface area contributed by atoms with Crippen molar-refractivity contribution in [1.29, 1.82) is 0 Å². The number of ether oxygens (including phenoxy) is 1. The molecule has 0 radical (unpaired) electrons. The van der Waals surface area contributed by atoms with E-state index in [-0.39, 0.29) is 11.5 Å². The molecule has 3 heterocycles. The van der Waals surface area contributed by atoms with Crippen LogP contribution in [-0.4, -0.2) is 37.5 Å². The highest BCUT2D eigenvalue weighted by Gasteiger charge is 2.20. The van der Waals surface area contributed by atoms with E-state index < -0.39 is 5.91 Å². The van der Waals surface area contributed by atoms with Gasteiger partial charge in [-0.1, -0.05) is 0 Å². The van der Waals surface area contributed by atoms with Crippen LogP contribution in [0.1, 0.15) is 17.4 Å². The van der Waals surface area contributed by atoms with Gasteiger partial charge in [0.2, 0.25) is 0 Å². The normalized spacial score (nSPS) is 10.8. The molecule has 1 N–H and O–H groups in total. The zero-order valence-corrected chi connectivity index (χ0v) is 17.0. The number of nitrogens with one attached hydrogen (secondary N) is 1. The van der Waals surface area contributed by atoms with Gasteiger partial charge in [0.15, 0.2) is 10.8 Å². The summed E-state index contributed by atoms with van der Waals surface area (Å²) in [5, 5.41) is 13.3. The number of benzene rings is 1. The smallest absolute Gasteiger partial charge is 0.280 e. The van der Waals surface area contributed by atoms with Gasteiger partial charge in [-0.25, -0.2) is 9.37 Å². The third-order valence-electron chi connectivity index (χ3n) is 4.08. The molecule has 4 rings (SSSR count). The Morgan fingerprint density at radius 2 is 1.97 bits per heavy atom. The lowest BCUT2D eigenvalue weighted by Gasteiger charge is -2.03. The topological polar surface area (TPSA) is 94.8 Å². The van der Waals surface area contributed by atoms with Crippen molar-refractivity contribution < 1.29 is 13.9 Å². The van der Waals surface area contributed by atoms with Crippen molar-refractivity contribution in [2.45, 2.75) is 6.92 Å². The standard InChI is InChI=1S/C20H17FN6O2S/c1-3-29-14-8-9-15(22-10-14)16-11-30-20(23-16)24-19(28)18-17(25-27(2)26-18)12-4-6-13(21)7-5-12/h4-11H,3H2,1-2H3,(H,23,24,28). The highest BCUT2D eigenvalue weighted by atomic mass is 32.1. The number of carbonyl (C=O) groups excluding carboxylic acids is 1. The fraction of sp³-hybridized carbons (Fsp3) is 0.150. The van der Waals surface area contributed by atoms with E-state index in [1.165, 1.54) is 28.3 Å². The molecule has 152 valence electrons. The Balaban J connectivity index is 1.53. The van der Waals surface area contributed by atoms with Crippen LogP contribution in [0.4, 0.5) is 9.52 Å². The summed E-state index contributed by atoms with van der Waals surface area (Å²) < 4.78 is 18.6. The van der Waals surface area contributed by atoms with E-state index in [4.69, 9.17) is 4.74 Å². The van der Waals surface area contributed by atoms with Crippen molar-refractivity contribution in [3.8, 4) is 28.4 Å². The molecule has 0 saturated heterocycles. The van der Waals surface area contributed by atoms with Crippen molar-refractivity contribution in [2.24, 2.45) is 7.05 Å². The first-order valence-electron chi connectivity index (χ1n) is 9.07. The summed E-state index contributed by atoms with van der Waals surface area (Å²) in [4.78, 5) is 22.8. The van der Waals surface area contributed by atoms with Crippen LogP contribution in [0.3, 0.4) is 0 Å². The number of nitrogens with zero attached hydrogens (tertiary/aromatic N) is 5. The van der Waals surface area contributed by atoms with Gasteiger partial charge >= 0.3 is 0 Å². The second kappa shape index (κ2) is 8.37. The van der Waals surface area contributed by atoms with Crippen LogP contribution in [0.15, 0.2) is 48.0 Å². The van der Waals surface area contributed by atoms with E-state index in [0.29, 0.717) is 40.1 Å². The third-order valence-corrected chi connectivity index (χ3v) is 4.84. The lowest BCUT2D eigenvalue weighted by molar-refractivity contribution is 0.102. The second-order valence-electron chi connectivity index (χ2n) is 6.20. The van der Waals surface area contributed by atoms with Gasteiger partial charge in [-0.2, -0.15) is 9.90 Å². The van der Waals surface area contributed by atoms with Crippen molar-refractivity contribution in [1.82, 2.24) is 25.0 Å². The highest BCUT2D eigenvalue weighted by molar-refractivity contribution is 7.14.